The van der Waals surface area contributed by atoms with E-state index in [2.05, 4.69) is 35.8 Å². The van der Waals surface area contributed by atoms with Crippen LogP contribution in [0.4, 0.5) is 0 Å². The van der Waals surface area contributed by atoms with Gasteiger partial charge in [0.15, 0.2) is 5.95 Å². The predicted molar refractivity (Wildman–Crippen MR) is 124 cm³/mol. The van der Waals surface area contributed by atoms with Crippen molar-refractivity contribution in [2.24, 2.45) is 5.92 Å². The van der Waals surface area contributed by atoms with Crippen molar-refractivity contribution in [1.82, 2.24) is 14.8 Å². The molecule has 0 N–H and O–H groups in total. The topological polar surface area (TPSA) is 70.8 Å². The molecule has 0 atom stereocenters. The number of benzene rings is 3. The van der Waals surface area contributed by atoms with Crippen molar-refractivity contribution in [2.45, 2.75) is 20.4 Å². The summed E-state index contributed by atoms with van der Waals surface area (Å²) in [6.07, 6.45) is 0. The highest BCUT2D eigenvalue weighted by molar-refractivity contribution is 5.81. The Kier molecular flexibility index (Phi) is 5.48. The van der Waals surface area contributed by atoms with E-state index >= 15 is 0 Å². The van der Waals surface area contributed by atoms with Gasteiger partial charge in [0.1, 0.15) is 0 Å². The number of rotatable bonds is 6. The predicted octanol–water partition coefficient (Wildman–Crippen LogP) is 4.88. The Balaban J connectivity index is 1.83. The quantitative estimate of drug-likeness (QED) is 0.356. The minimum absolute atomic E-state index is 0.307. The number of hydrogen-bond donors (Lipinski definition) is 0. The first-order valence-electron chi connectivity index (χ1n) is 11.0. The van der Waals surface area contributed by atoms with Crippen LogP contribution in [0.1, 0.15) is 13.8 Å². The van der Waals surface area contributed by atoms with Crippen molar-refractivity contribution in [3.8, 4) is 45.7 Å². The minimum atomic E-state index is -0.520. The fourth-order valence-electron chi connectivity index (χ4n) is 4.04. The largest absolute Gasteiger partial charge is 0.539 e. The second kappa shape index (κ2) is 8.74. The SMILES string of the molecule is CC(C)Cn1c(-c2c([O-])on[n+]2-c2ccccc2)nc(-c2ccccc2)c1-c1ccccc1. The van der Waals surface area contributed by atoms with Crippen molar-refractivity contribution in [3.05, 3.63) is 91.0 Å². The van der Waals surface area contributed by atoms with Gasteiger partial charge in [-0.3, -0.25) is 0 Å². The highest BCUT2D eigenvalue weighted by atomic mass is 16.6. The summed E-state index contributed by atoms with van der Waals surface area (Å²) in [5.41, 5.74) is 4.84. The third-order valence-corrected chi connectivity index (χ3v) is 5.43. The van der Waals surface area contributed by atoms with E-state index in [0.717, 1.165) is 28.2 Å². The van der Waals surface area contributed by atoms with Crippen molar-refractivity contribution in [3.63, 3.8) is 0 Å². The van der Waals surface area contributed by atoms with Crippen LogP contribution in [-0.4, -0.2) is 14.8 Å². The average Bonchev–Trinajstić information content (AvgIpc) is 3.40. The van der Waals surface area contributed by atoms with Gasteiger partial charge in [0, 0.05) is 29.8 Å². The maximum absolute atomic E-state index is 12.9. The summed E-state index contributed by atoms with van der Waals surface area (Å²) in [5.74, 6) is 0.341. The maximum atomic E-state index is 12.9. The number of para-hydroxylation sites is 1. The zero-order valence-electron chi connectivity index (χ0n) is 18.6. The smallest absolute Gasteiger partial charge is 0.306 e. The van der Waals surface area contributed by atoms with E-state index < -0.39 is 5.95 Å². The summed E-state index contributed by atoms with van der Waals surface area (Å²) in [6.45, 7) is 4.98. The lowest BCUT2D eigenvalue weighted by atomic mass is 10.0. The molecule has 6 heteroatoms. The van der Waals surface area contributed by atoms with Crippen LogP contribution in [-0.2, 0) is 6.54 Å². The molecule has 0 saturated heterocycles. The molecule has 0 saturated carbocycles. The molecule has 0 fully saturated rings. The van der Waals surface area contributed by atoms with Crippen molar-refractivity contribution in [1.29, 1.82) is 0 Å². The molecule has 0 aliphatic rings. The molecular formula is C27H24N4O2. The van der Waals surface area contributed by atoms with Gasteiger partial charge in [0.2, 0.25) is 11.5 Å². The van der Waals surface area contributed by atoms with Crippen molar-refractivity contribution in [2.75, 3.05) is 0 Å². The highest BCUT2D eigenvalue weighted by Gasteiger charge is 2.31. The van der Waals surface area contributed by atoms with Crippen LogP contribution >= 0.6 is 0 Å². The van der Waals surface area contributed by atoms with Crippen LogP contribution in [0.2, 0.25) is 0 Å². The zero-order valence-corrected chi connectivity index (χ0v) is 18.6. The summed E-state index contributed by atoms with van der Waals surface area (Å²) in [5, 5.41) is 17.0. The van der Waals surface area contributed by atoms with Crippen LogP contribution in [0.3, 0.4) is 0 Å². The van der Waals surface area contributed by atoms with Crippen molar-refractivity contribution < 1.29 is 14.3 Å². The van der Waals surface area contributed by atoms with E-state index in [1.807, 2.05) is 78.9 Å². The van der Waals surface area contributed by atoms with Crippen LogP contribution in [0.25, 0.3) is 39.7 Å². The molecule has 0 bridgehead atoms. The number of hydrogen-bond acceptors (Lipinski definition) is 4. The van der Waals surface area contributed by atoms with Gasteiger partial charge in [-0.15, -0.1) is 0 Å². The molecule has 2 aromatic heterocycles. The fourth-order valence-corrected chi connectivity index (χ4v) is 4.04. The second-order valence-electron chi connectivity index (χ2n) is 8.33. The van der Waals surface area contributed by atoms with Gasteiger partial charge >= 0.3 is 5.69 Å². The molecule has 0 spiro atoms. The highest BCUT2D eigenvalue weighted by Crippen LogP contribution is 2.37. The Morgan fingerprint density at radius 1 is 0.848 bits per heavy atom. The zero-order chi connectivity index (χ0) is 22.8. The van der Waals surface area contributed by atoms with Gasteiger partial charge in [-0.1, -0.05) is 92.7 Å². The molecule has 0 aliphatic heterocycles. The molecule has 0 aliphatic carbocycles. The molecule has 6 nitrogen and oxygen atoms in total. The number of aromatic nitrogens is 4. The normalized spacial score (nSPS) is 11.2. The molecule has 2 heterocycles. The molecule has 33 heavy (non-hydrogen) atoms. The third kappa shape index (κ3) is 3.91. The molecule has 5 aromatic rings. The van der Waals surface area contributed by atoms with Gasteiger partial charge in [0.25, 0.3) is 0 Å². The Bertz CT molecular complexity index is 1360. The first-order valence-corrected chi connectivity index (χ1v) is 11.0. The van der Waals surface area contributed by atoms with E-state index in [4.69, 9.17) is 9.51 Å². The molecule has 0 radical (unpaired) electrons. The number of imidazole rings is 1. The summed E-state index contributed by atoms with van der Waals surface area (Å²) in [6, 6.07) is 29.7. The summed E-state index contributed by atoms with van der Waals surface area (Å²) >= 11 is 0. The van der Waals surface area contributed by atoms with E-state index in [-0.39, 0.29) is 0 Å². The fraction of sp³-hybridized carbons (Fsp3) is 0.148. The first-order chi connectivity index (χ1) is 16.1. The molecular weight excluding hydrogens is 412 g/mol. The van der Waals surface area contributed by atoms with Crippen LogP contribution in [0.15, 0.2) is 95.5 Å². The maximum Gasteiger partial charge on any atom is 0.306 e. The Morgan fingerprint density at radius 3 is 2.03 bits per heavy atom. The molecule has 164 valence electrons. The average molecular weight is 437 g/mol. The van der Waals surface area contributed by atoms with E-state index in [9.17, 15) is 5.11 Å². The van der Waals surface area contributed by atoms with Gasteiger partial charge in [-0.25, -0.2) is 4.98 Å². The van der Waals surface area contributed by atoms with E-state index in [0.29, 0.717) is 24.0 Å². The summed E-state index contributed by atoms with van der Waals surface area (Å²) < 4.78 is 8.78. The monoisotopic (exact) mass is 436 g/mol. The standard InChI is InChI=1S/C27H24N4O2/c1-19(2)18-30-24(21-14-8-4-9-15-21)23(20-12-6-3-7-13-20)28-26(30)25-27(32)33-29-31(25)22-16-10-5-11-17-22/h3-17,19H,18H2,1-2H3. The third-order valence-electron chi connectivity index (χ3n) is 5.43. The second-order valence-corrected chi connectivity index (χ2v) is 8.33. The Hall–Kier alpha value is -4.19. The van der Waals surface area contributed by atoms with Crippen LogP contribution in [0, 0.1) is 5.92 Å². The van der Waals surface area contributed by atoms with E-state index in [1.165, 1.54) is 4.68 Å². The van der Waals surface area contributed by atoms with Gasteiger partial charge in [-0.05, 0) is 10.6 Å². The van der Waals surface area contributed by atoms with Gasteiger partial charge in [-0.2, -0.15) is 0 Å². The van der Waals surface area contributed by atoms with Gasteiger partial charge in [0.05, 0.1) is 16.7 Å². The Labute approximate surface area is 192 Å². The molecule has 3 aromatic carbocycles. The summed E-state index contributed by atoms with van der Waals surface area (Å²) in [7, 11) is 0. The first kappa shape index (κ1) is 20.7. The minimum Gasteiger partial charge on any atom is -0.539 e. The molecule has 0 amide bonds. The van der Waals surface area contributed by atoms with Gasteiger partial charge < -0.3 is 14.2 Å². The van der Waals surface area contributed by atoms with Crippen molar-refractivity contribution >= 4 is 0 Å². The lowest BCUT2D eigenvalue weighted by Gasteiger charge is -2.14. The van der Waals surface area contributed by atoms with Crippen LogP contribution in [0.5, 0.6) is 5.95 Å². The molecule has 5 rings (SSSR count). The van der Waals surface area contributed by atoms with E-state index in [1.54, 1.807) is 0 Å². The lowest BCUT2D eigenvalue weighted by molar-refractivity contribution is -0.660. The Morgan fingerprint density at radius 2 is 1.42 bits per heavy atom. The van der Waals surface area contributed by atoms with Crippen LogP contribution < -0.4 is 9.79 Å². The number of nitrogens with zero attached hydrogens (tertiary/aromatic N) is 4. The summed E-state index contributed by atoms with van der Waals surface area (Å²) in [4.78, 5) is 5.04. The molecule has 0 unspecified atom stereocenters. The lowest BCUT2D eigenvalue weighted by Crippen LogP contribution is -2.35.